The summed E-state index contributed by atoms with van der Waals surface area (Å²) >= 11 is 0. The summed E-state index contributed by atoms with van der Waals surface area (Å²) in [5.41, 5.74) is 5.49. The maximum Gasteiger partial charge on any atom is 0.328 e. The molecule has 8 heteroatoms. The van der Waals surface area contributed by atoms with Crippen molar-refractivity contribution in [2.75, 3.05) is 5.73 Å². The zero-order valence-electron chi connectivity index (χ0n) is 12.0. The molecular weight excluding hydrogens is 305 g/mol. The number of nitrogens with zero attached hydrogens (tertiary/aromatic N) is 2. The molecule has 0 atom stereocenters. The highest BCUT2D eigenvalue weighted by Gasteiger charge is 2.21. The predicted molar refractivity (Wildman–Crippen MR) is 82.0 cm³/mol. The minimum Gasteiger partial charge on any atom is -0.478 e. The number of benzene rings is 1. The van der Waals surface area contributed by atoms with E-state index >= 15 is 0 Å². The molecule has 118 valence electrons. The summed E-state index contributed by atoms with van der Waals surface area (Å²) in [5.74, 6) is -1.89. The summed E-state index contributed by atoms with van der Waals surface area (Å²) in [6.45, 7) is 1.47. The predicted octanol–water partition coefficient (Wildman–Crippen LogP) is 2.87. The van der Waals surface area contributed by atoms with Crippen molar-refractivity contribution in [1.82, 2.24) is 4.98 Å². The number of nitrogens with two attached hydrogens (primary N) is 1. The number of pyridine rings is 1. The lowest BCUT2D eigenvalue weighted by Crippen LogP contribution is -2.02. The van der Waals surface area contributed by atoms with Gasteiger partial charge in [-0.25, -0.2) is 9.18 Å². The van der Waals surface area contributed by atoms with Gasteiger partial charge in [-0.1, -0.05) is 0 Å². The first-order valence-electron chi connectivity index (χ1n) is 6.41. The molecular formula is C15H12FN3O4. The van der Waals surface area contributed by atoms with Crippen LogP contribution in [0, 0.1) is 15.9 Å². The van der Waals surface area contributed by atoms with Crippen molar-refractivity contribution in [3.05, 3.63) is 58.0 Å². The number of aliphatic carboxylic acids is 1. The van der Waals surface area contributed by atoms with Crippen molar-refractivity contribution in [3.8, 4) is 11.3 Å². The minimum absolute atomic E-state index is 0.0328. The Balaban J connectivity index is 2.77. The minimum atomic E-state index is -1.20. The van der Waals surface area contributed by atoms with Gasteiger partial charge in [0.2, 0.25) is 0 Å². The molecule has 1 aromatic carbocycles. The van der Waals surface area contributed by atoms with Crippen molar-refractivity contribution in [2.24, 2.45) is 0 Å². The Labute approximate surface area is 130 Å². The lowest BCUT2D eigenvalue weighted by Gasteiger charge is -2.10. The van der Waals surface area contributed by atoms with Gasteiger partial charge in [0.05, 0.1) is 4.92 Å². The van der Waals surface area contributed by atoms with E-state index in [-0.39, 0.29) is 28.1 Å². The third-order valence-electron chi connectivity index (χ3n) is 3.16. The van der Waals surface area contributed by atoms with Crippen LogP contribution < -0.4 is 5.73 Å². The van der Waals surface area contributed by atoms with Crippen molar-refractivity contribution >= 4 is 22.9 Å². The highest BCUT2D eigenvalue weighted by Crippen LogP contribution is 2.36. The van der Waals surface area contributed by atoms with Crippen LogP contribution in [0.4, 0.5) is 15.8 Å². The lowest BCUT2D eigenvalue weighted by molar-refractivity contribution is -0.383. The molecule has 0 bridgehead atoms. The highest BCUT2D eigenvalue weighted by molar-refractivity contribution is 5.92. The summed E-state index contributed by atoms with van der Waals surface area (Å²) in [7, 11) is 0. The van der Waals surface area contributed by atoms with Gasteiger partial charge in [0.25, 0.3) is 5.69 Å². The molecule has 1 heterocycles. The van der Waals surface area contributed by atoms with E-state index in [9.17, 15) is 19.3 Å². The number of carbonyl (C=O) groups is 1. The van der Waals surface area contributed by atoms with Crippen molar-refractivity contribution in [1.29, 1.82) is 0 Å². The van der Waals surface area contributed by atoms with Gasteiger partial charge in [-0.2, -0.15) is 0 Å². The SMILES string of the molecule is CC(=CC(=O)O)c1cc(-c2ncccc2F)c(N)c([N+](=O)[O-])c1. The quantitative estimate of drug-likeness (QED) is 0.387. The maximum atomic E-state index is 13.9. The Hall–Kier alpha value is -3.29. The molecule has 0 fully saturated rings. The van der Waals surface area contributed by atoms with E-state index in [1.807, 2.05) is 0 Å². The van der Waals surface area contributed by atoms with Crippen LogP contribution in [0.15, 0.2) is 36.5 Å². The van der Waals surface area contributed by atoms with Crippen molar-refractivity contribution < 1.29 is 19.2 Å². The van der Waals surface area contributed by atoms with Crippen LogP contribution in [-0.4, -0.2) is 21.0 Å². The number of rotatable bonds is 4. The first kappa shape index (κ1) is 16.1. The van der Waals surface area contributed by atoms with Crippen molar-refractivity contribution in [3.63, 3.8) is 0 Å². The Bertz CT molecular complexity index is 833. The molecule has 0 spiro atoms. The zero-order valence-corrected chi connectivity index (χ0v) is 12.0. The van der Waals surface area contributed by atoms with E-state index in [2.05, 4.69) is 4.98 Å². The average Bonchev–Trinajstić information content (AvgIpc) is 2.47. The number of hydrogen-bond acceptors (Lipinski definition) is 5. The number of anilines is 1. The molecule has 0 aliphatic carbocycles. The van der Waals surface area contributed by atoms with Gasteiger partial charge in [-0.15, -0.1) is 0 Å². The van der Waals surface area contributed by atoms with E-state index in [1.54, 1.807) is 0 Å². The molecule has 7 nitrogen and oxygen atoms in total. The third-order valence-corrected chi connectivity index (χ3v) is 3.16. The number of nitro benzene ring substituents is 1. The molecule has 23 heavy (non-hydrogen) atoms. The molecule has 0 saturated heterocycles. The van der Waals surface area contributed by atoms with Gasteiger partial charge < -0.3 is 10.8 Å². The summed E-state index contributed by atoms with van der Waals surface area (Å²) in [6.07, 6.45) is 2.23. The molecule has 2 aromatic rings. The molecule has 0 saturated carbocycles. The molecule has 0 amide bonds. The Kier molecular flexibility index (Phi) is 4.35. The van der Waals surface area contributed by atoms with Crippen LogP contribution in [0.1, 0.15) is 12.5 Å². The summed E-state index contributed by atoms with van der Waals surface area (Å²) in [6, 6.07) is 5.06. The fourth-order valence-electron chi connectivity index (χ4n) is 2.07. The molecule has 1 aromatic heterocycles. The Morgan fingerprint density at radius 2 is 2.17 bits per heavy atom. The van der Waals surface area contributed by atoms with Gasteiger partial charge in [0.1, 0.15) is 17.2 Å². The fourth-order valence-corrected chi connectivity index (χ4v) is 2.07. The largest absolute Gasteiger partial charge is 0.478 e. The van der Waals surface area contributed by atoms with E-state index in [0.29, 0.717) is 0 Å². The number of carboxylic acid groups (broad SMARTS) is 1. The average molecular weight is 317 g/mol. The van der Waals surface area contributed by atoms with Crippen LogP contribution in [0.25, 0.3) is 16.8 Å². The van der Waals surface area contributed by atoms with E-state index < -0.39 is 22.4 Å². The molecule has 0 aliphatic rings. The second-order valence-corrected chi connectivity index (χ2v) is 4.71. The fraction of sp³-hybridized carbons (Fsp3) is 0.0667. The number of allylic oxidation sites excluding steroid dienone is 1. The third kappa shape index (κ3) is 3.31. The number of halogens is 1. The van der Waals surface area contributed by atoms with Gasteiger partial charge in [0.15, 0.2) is 0 Å². The standard InChI is InChI=1S/C15H12FN3O4/c1-8(5-13(20)21)9-6-10(14(17)12(7-9)19(22)23)15-11(16)3-2-4-18-15/h2-7H,17H2,1H3,(H,20,21). The van der Waals surface area contributed by atoms with Gasteiger partial charge in [-0.05, 0) is 36.3 Å². The monoisotopic (exact) mass is 317 g/mol. The van der Waals surface area contributed by atoms with E-state index in [4.69, 9.17) is 10.8 Å². The molecule has 2 rings (SSSR count). The second kappa shape index (κ2) is 6.22. The first-order chi connectivity index (χ1) is 10.8. The van der Waals surface area contributed by atoms with Gasteiger partial charge >= 0.3 is 5.97 Å². The molecule has 3 N–H and O–H groups in total. The van der Waals surface area contributed by atoms with E-state index in [0.717, 1.165) is 18.2 Å². The summed E-state index contributed by atoms with van der Waals surface area (Å²) in [5, 5.41) is 20.0. The topological polar surface area (TPSA) is 119 Å². The van der Waals surface area contributed by atoms with E-state index in [1.165, 1.54) is 25.3 Å². The normalized spacial score (nSPS) is 11.3. The maximum absolute atomic E-state index is 13.9. The number of nitrogen functional groups attached to an aromatic ring is 1. The van der Waals surface area contributed by atoms with Crippen LogP contribution in [0.3, 0.4) is 0 Å². The second-order valence-electron chi connectivity index (χ2n) is 4.71. The molecule has 0 unspecified atom stereocenters. The van der Waals surface area contributed by atoms with Crippen LogP contribution >= 0.6 is 0 Å². The smallest absolute Gasteiger partial charge is 0.328 e. The zero-order chi connectivity index (χ0) is 17.1. The molecule has 0 radical (unpaired) electrons. The van der Waals surface area contributed by atoms with Crippen molar-refractivity contribution in [2.45, 2.75) is 6.92 Å². The number of nitro groups is 1. The first-order valence-corrected chi connectivity index (χ1v) is 6.41. The summed E-state index contributed by atoms with van der Waals surface area (Å²) < 4.78 is 13.9. The van der Waals surface area contributed by atoms with Gasteiger partial charge in [-0.3, -0.25) is 15.1 Å². The van der Waals surface area contributed by atoms with Crippen LogP contribution in [-0.2, 0) is 4.79 Å². The van der Waals surface area contributed by atoms with Gasteiger partial charge in [0, 0.05) is 23.9 Å². The Morgan fingerprint density at radius 1 is 1.48 bits per heavy atom. The Morgan fingerprint density at radius 3 is 2.74 bits per heavy atom. The van der Waals surface area contributed by atoms with Crippen LogP contribution in [0.2, 0.25) is 0 Å². The lowest BCUT2D eigenvalue weighted by atomic mass is 9.99. The number of aromatic nitrogens is 1. The number of hydrogen-bond donors (Lipinski definition) is 2. The number of carboxylic acids is 1. The highest BCUT2D eigenvalue weighted by atomic mass is 19.1. The molecule has 0 aliphatic heterocycles. The summed E-state index contributed by atoms with van der Waals surface area (Å²) in [4.78, 5) is 25.1. The van der Waals surface area contributed by atoms with Crippen LogP contribution in [0.5, 0.6) is 0 Å².